The van der Waals surface area contributed by atoms with Crippen molar-refractivity contribution in [3.63, 3.8) is 0 Å². The lowest BCUT2D eigenvalue weighted by molar-refractivity contribution is 0.0938. The summed E-state index contributed by atoms with van der Waals surface area (Å²) >= 11 is 4.92. The molecule has 1 amide bonds. The van der Waals surface area contributed by atoms with Crippen LogP contribution in [0.15, 0.2) is 28.3 Å². The van der Waals surface area contributed by atoms with Crippen molar-refractivity contribution in [2.24, 2.45) is 0 Å². The van der Waals surface area contributed by atoms with Gasteiger partial charge in [-0.25, -0.2) is 4.98 Å². The summed E-state index contributed by atoms with van der Waals surface area (Å²) in [5, 5.41) is 5.99. The maximum absolute atomic E-state index is 12.1. The minimum absolute atomic E-state index is 0.108. The largest absolute Gasteiger partial charge is 0.344 e. The van der Waals surface area contributed by atoms with Gasteiger partial charge in [0.2, 0.25) is 0 Å². The third-order valence-corrected chi connectivity index (χ3v) is 4.08. The SMILES string of the molecule is CCc1nc([C@H](C)NC(=O)c2cncc(Br)c2)cs1. The number of halogens is 1. The minimum Gasteiger partial charge on any atom is -0.344 e. The smallest absolute Gasteiger partial charge is 0.253 e. The summed E-state index contributed by atoms with van der Waals surface area (Å²) in [5.74, 6) is -0.146. The molecule has 6 heteroatoms. The van der Waals surface area contributed by atoms with Crippen molar-refractivity contribution in [3.05, 3.63) is 44.6 Å². The first kappa shape index (κ1) is 14.1. The molecule has 0 aliphatic carbocycles. The monoisotopic (exact) mass is 339 g/mol. The molecule has 2 aromatic heterocycles. The summed E-state index contributed by atoms with van der Waals surface area (Å²) in [4.78, 5) is 20.5. The summed E-state index contributed by atoms with van der Waals surface area (Å²) in [7, 11) is 0. The Hall–Kier alpha value is -1.27. The maximum Gasteiger partial charge on any atom is 0.253 e. The van der Waals surface area contributed by atoms with Gasteiger partial charge < -0.3 is 5.32 Å². The lowest BCUT2D eigenvalue weighted by Crippen LogP contribution is -2.27. The molecule has 19 heavy (non-hydrogen) atoms. The maximum atomic E-state index is 12.1. The number of nitrogens with one attached hydrogen (secondary N) is 1. The number of aromatic nitrogens is 2. The molecule has 0 saturated heterocycles. The molecular weight excluding hydrogens is 326 g/mol. The lowest BCUT2D eigenvalue weighted by atomic mass is 10.2. The van der Waals surface area contributed by atoms with Gasteiger partial charge in [-0.15, -0.1) is 11.3 Å². The van der Waals surface area contributed by atoms with E-state index in [2.05, 4.69) is 38.1 Å². The summed E-state index contributed by atoms with van der Waals surface area (Å²) in [6.07, 6.45) is 4.11. The number of carbonyl (C=O) groups is 1. The molecule has 0 fully saturated rings. The predicted octanol–water partition coefficient (Wildman–Crippen LogP) is 3.35. The molecule has 4 nitrogen and oxygen atoms in total. The average Bonchev–Trinajstić information content (AvgIpc) is 2.87. The van der Waals surface area contributed by atoms with E-state index in [0.29, 0.717) is 5.56 Å². The second kappa shape index (κ2) is 6.25. The predicted molar refractivity (Wildman–Crippen MR) is 79.3 cm³/mol. The molecule has 2 heterocycles. The first-order chi connectivity index (χ1) is 9.10. The van der Waals surface area contributed by atoms with Crippen molar-refractivity contribution >= 4 is 33.2 Å². The Balaban J connectivity index is 2.06. The van der Waals surface area contributed by atoms with Gasteiger partial charge in [-0.05, 0) is 35.3 Å². The average molecular weight is 340 g/mol. The second-order valence-electron chi connectivity index (χ2n) is 4.11. The van der Waals surface area contributed by atoms with Crippen LogP contribution in [0.25, 0.3) is 0 Å². The zero-order chi connectivity index (χ0) is 13.8. The van der Waals surface area contributed by atoms with Gasteiger partial charge in [0, 0.05) is 22.2 Å². The summed E-state index contributed by atoms with van der Waals surface area (Å²) in [5.41, 5.74) is 1.44. The van der Waals surface area contributed by atoms with Crippen LogP contribution < -0.4 is 5.32 Å². The van der Waals surface area contributed by atoms with E-state index in [-0.39, 0.29) is 11.9 Å². The van der Waals surface area contributed by atoms with Crippen molar-refractivity contribution in [2.75, 3.05) is 0 Å². The Bertz CT molecular complexity index is 585. The molecule has 0 aliphatic heterocycles. The number of amides is 1. The molecule has 0 unspecified atom stereocenters. The molecule has 1 atom stereocenters. The lowest BCUT2D eigenvalue weighted by Gasteiger charge is -2.11. The number of thiazole rings is 1. The van der Waals surface area contributed by atoms with Crippen molar-refractivity contribution in [1.82, 2.24) is 15.3 Å². The van der Waals surface area contributed by atoms with E-state index in [1.54, 1.807) is 29.8 Å². The molecule has 0 bridgehead atoms. The zero-order valence-electron chi connectivity index (χ0n) is 10.7. The zero-order valence-corrected chi connectivity index (χ0v) is 13.1. The van der Waals surface area contributed by atoms with Crippen LogP contribution in [-0.4, -0.2) is 15.9 Å². The Morgan fingerprint density at radius 1 is 1.53 bits per heavy atom. The van der Waals surface area contributed by atoms with E-state index in [9.17, 15) is 4.79 Å². The van der Waals surface area contributed by atoms with Crippen LogP contribution in [0.1, 0.15) is 40.9 Å². The molecule has 100 valence electrons. The Labute approximate surface area is 124 Å². The third kappa shape index (κ3) is 3.61. The normalized spacial score (nSPS) is 12.2. The molecule has 0 aromatic carbocycles. The van der Waals surface area contributed by atoms with Gasteiger partial charge in [0.1, 0.15) is 0 Å². The van der Waals surface area contributed by atoms with Gasteiger partial charge in [-0.3, -0.25) is 9.78 Å². The number of pyridine rings is 1. The Morgan fingerprint density at radius 3 is 2.95 bits per heavy atom. The van der Waals surface area contributed by atoms with Crippen LogP contribution in [-0.2, 0) is 6.42 Å². The highest BCUT2D eigenvalue weighted by molar-refractivity contribution is 9.10. The van der Waals surface area contributed by atoms with Gasteiger partial charge in [-0.1, -0.05) is 6.92 Å². The molecule has 0 radical (unpaired) electrons. The highest BCUT2D eigenvalue weighted by Gasteiger charge is 2.14. The molecule has 0 spiro atoms. The highest BCUT2D eigenvalue weighted by atomic mass is 79.9. The van der Waals surface area contributed by atoms with E-state index in [0.717, 1.165) is 21.6 Å². The number of aryl methyl sites for hydroxylation is 1. The quantitative estimate of drug-likeness (QED) is 0.929. The second-order valence-corrected chi connectivity index (χ2v) is 5.96. The number of hydrogen-bond donors (Lipinski definition) is 1. The van der Waals surface area contributed by atoms with Gasteiger partial charge in [0.05, 0.1) is 22.3 Å². The number of nitrogens with zero attached hydrogens (tertiary/aromatic N) is 2. The van der Waals surface area contributed by atoms with Crippen LogP contribution in [0, 0.1) is 0 Å². The van der Waals surface area contributed by atoms with Gasteiger partial charge in [-0.2, -0.15) is 0 Å². The number of hydrogen-bond acceptors (Lipinski definition) is 4. The topological polar surface area (TPSA) is 54.9 Å². The Morgan fingerprint density at radius 2 is 2.32 bits per heavy atom. The van der Waals surface area contributed by atoms with E-state index < -0.39 is 0 Å². The molecule has 2 rings (SSSR count). The van der Waals surface area contributed by atoms with Crippen LogP contribution in [0.4, 0.5) is 0 Å². The standard InChI is InChI=1S/C13H14BrN3OS/c1-3-12-17-11(7-19-12)8(2)16-13(18)9-4-10(14)6-15-5-9/h4-8H,3H2,1-2H3,(H,16,18)/t8-/m0/s1. The summed E-state index contributed by atoms with van der Waals surface area (Å²) in [6, 6.07) is 1.64. The minimum atomic E-state index is -0.146. The van der Waals surface area contributed by atoms with Crippen LogP contribution in [0.2, 0.25) is 0 Å². The first-order valence-corrected chi connectivity index (χ1v) is 7.63. The van der Waals surface area contributed by atoms with Crippen LogP contribution >= 0.6 is 27.3 Å². The third-order valence-electron chi connectivity index (χ3n) is 2.63. The van der Waals surface area contributed by atoms with Crippen LogP contribution in [0.3, 0.4) is 0 Å². The van der Waals surface area contributed by atoms with E-state index in [4.69, 9.17) is 0 Å². The van der Waals surface area contributed by atoms with Crippen molar-refractivity contribution in [3.8, 4) is 0 Å². The van der Waals surface area contributed by atoms with E-state index in [1.807, 2.05) is 12.3 Å². The molecule has 0 aliphatic rings. The highest BCUT2D eigenvalue weighted by Crippen LogP contribution is 2.17. The molecular formula is C13H14BrN3OS. The summed E-state index contributed by atoms with van der Waals surface area (Å²) in [6.45, 7) is 4.00. The van der Waals surface area contributed by atoms with Gasteiger partial charge >= 0.3 is 0 Å². The fourth-order valence-corrected chi connectivity index (χ4v) is 2.78. The van der Waals surface area contributed by atoms with E-state index >= 15 is 0 Å². The van der Waals surface area contributed by atoms with Crippen molar-refractivity contribution in [2.45, 2.75) is 26.3 Å². The van der Waals surface area contributed by atoms with Gasteiger partial charge in [0.15, 0.2) is 0 Å². The molecule has 0 saturated carbocycles. The number of carbonyl (C=O) groups excluding carboxylic acids is 1. The molecule has 2 aromatic rings. The van der Waals surface area contributed by atoms with Gasteiger partial charge in [0.25, 0.3) is 5.91 Å². The van der Waals surface area contributed by atoms with E-state index in [1.165, 1.54) is 0 Å². The number of rotatable bonds is 4. The van der Waals surface area contributed by atoms with Crippen molar-refractivity contribution < 1.29 is 4.79 Å². The Kier molecular flexibility index (Phi) is 4.66. The first-order valence-electron chi connectivity index (χ1n) is 5.96. The summed E-state index contributed by atoms with van der Waals surface area (Å²) < 4.78 is 0.787. The molecule has 1 N–H and O–H groups in total. The van der Waals surface area contributed by atoms with Crippen molar-refractivity contribution in [1.29, 1.82) is 0 Å². The fourth-order valence-electron chi connectivity index (χ4n) is 1.58. The fraction of sp³-hybridized carbons (Fsp3) is 0.308. The van der Waals surface area contributed by atoms with Crippen LogP contribution in [0.5, 0.6) is 0 Å².